The molecule has 0 aliphatic carbocycles. The molecule has 114 valence electrons. The van der Waals surface area contributed by atoms with E-state index in [4.69, 9.17) is 4.74 Å². The maximum atomic E-state index is 14.2. The molecule has 1 atom stereocenters. The lowest BCUT2D eigenvalue weighted by Crippen LogP contribution is -2.45. The molecule has 1 aromatic carbocycles. The Hall–Kier alpha value is -2.38. The minimum atomic E-state index is -1.04. The van der Waals surface area contributed by atoms with Crippen LogP contribution in [0.4, 0.5) is 15.8 Å². The van der Waals surface area contributed by atoms with E-state index in [1.165, 1.54) is 18.1 Å². The smallest absolute Gasteiger partial charge is 0.326 e. The summed E-state index contributed by atoms with van der Waals surface area (Å²) in [5, 5.41) is 20.1. The van der Waals surface area contributed by atoms with Crippen molar-refractivity contribution in [3.8, 4) is 5.75 Å². The molecular formula is C13H15FN2O5. The minimum Gasteiger partial charge on any atom is -0.490 e. The number of methoxy groups -OCH3 is 1. The lowest BCUT2D eigenvalue weighted by atomic mass is 10.0. The summed E-state index contributed by atoms with van der Waals surface area (Å²) in [5.41, 5.74) is -0.466. The summed E-state index contributed by atoms with van der Waals surface area (Å²) in [5.74, 6) is -1.95. The van der Waals surface area contributed by atoms with Gasteiger partial charge in [0.05, 0.1) is 23.8 Å². The van der Waals surface area contributed by atoms with Crippen LogP contribution in [-0.4, -0.2) is 35.7 Å². The minimum absolute atomic E-state index is 0.0181. The Morgan fingerprint density at radius 3 is 2.81 bits per heavy atom. The summed E-state index contributed by atoms with van der Waals surface area (Å²) in [6.45, 7) is 0.384. The molecule has 0 spiro atoms. The highest BCUT2D eigenvalue weighted by molar-refractivity contribution is 5.79. The Bertz CT molecular complexity index is 578. The fraction of sp³-hybridized carbons (Fsp3) is 0.462. The van der Waals surface area contributed by atoms with Crippen LogP contribution in [0.1, 0.15) is 19.3 Å². The Kier molecular flexibility index (Phi) is 4.25. The molecule has 0 amide bonds. The second kappa shape index (κ2) is 5.94. The van der Waals surface area contributed by atoms with Crippen LogP contribution < -0.4 is 9.64 Å². The van der Waals surface area contributed by atoms with Crippen molar-refractivity contribution in [2.45, 2.75) is 25.3 Å². The Balaban J connectivity index is 2.47. The quantitative estimate of drug-likeness (QED) is 0.676. The van der Waals surface area contributed by atoms with Gasteiger partial charge in [0.1, 0.15) is 6.04 Å². The number of nitrogens with zero attached hydrogens (tertiary/aromatic N) is 2. The van der Waals surface area contributed by atoms with Crippen molar-refractivity contribution < 1.29 is 24.0 Å². The van der Waals surface area contributed by atoms with E-state index in [9.17, 15) is 24.4 Å². The molecule has 2 rings (SSSR count). The third-order valence-electron chi connectivity index (χ3n) is 3.54. The van der Waals surface area contributed by atoms with E-state index < -0.39 is 28.4 Å². The number of nitro benzene ring substituents is 1. The molecule has 0 radical (unpaired) electrons. The summed E-state index contributed by atoms with van der Waals surface area (Å²) in [7, 11) is 1.24. The fourth-order valence-corrected chi connectivity index (χ4v) is 2.54. The number of aliphatic carboxylic acids is 1. The topological polar surface area (TPSA) is 92.9 Å². The van der Waals surface area contributed by atoms with Crippen LogP contribution in [0.15, 0.2) is 12.1 Å². The zero-order valence-electron chi connectivity index (χ0n) is 11.4. The highest BCUT2D eigenvalue weighted by atomic mass is 19.1. The second-order valence-electron chi connectivity index (χ2n) is 4.78. The van der Waals surface area contributed by atoms with Crippen LogP contribution in [0.3, 0.4) is 0 Å². The first-order chi connectivity index (χ1) is 9.95. The molecule has 1 saturated heterocycles. The summed E-state index contributed by atoms with van der Waals surface area (Å²) in [4.78, 5) is 22.8. The van der Waals surface area contributed by atoms with E-state index >= 15 is 0 Å². The normalized spacial score (nSPS) is 18.4. The van der Waals surface area contributed by atoms with E-state index in [-0.39, 0.29) is 11.4 Å². The summed E-state index contributed by atoms with van der Waals surface area (Å²) >= 11 is 0. The van der Waals surface area contributed by atoms with Gasteiger partial charge in [0.2, 0.25) is 0 Å². The number of rotatable bonds is 4. The molecule has 1 heterocycles. The van der Waals surface area contributed by atoms with Gasteiger partial charge in [0.25, 0.3) is 0 Å². The number of halogens is 1. The van der Waals surface area contributed by atoms with Crippen LogP contribution >= 0.6 is 0 Å². The summed E-state index contributed by atoms with van der Waals surface area (Å²) in [6.07, 6.45) is 1.90. The standard InChI is InChI=1S/C13H15FN2O5/c1-21-12-7-10(8(14)6-11(12)16(19)20)15-5-3-2-4-9(15)13(17)18/h6-7,9H,2-5H2,1H3,(H,17,18). The van der Waals surface area contributed by atoms with Crippen molar-refractivity contribution >= 4 is 17.3 Å². The van der Waals surface area contributed by atoms with Crippen LogP contribution in [-0.2, 0) is 4.79 Å². The van der Waals surface area contributed by atoms with E-state index in [0.29, 0.717) is 13.0 Å². The molecule has 1 aliphatic heterocycles. The van der Waals surface area contributed by atoms with Crippen molar-refractivity contribution in [3.63, 3.8) is 0 Å². The monoisotopic (exact) mass is 298 g/mol. The van der Waals surface area contributed by atoms with Crippen LogP contribution in [0.5, 0.6) is 5.75 Å². The second-order valence-corrected chi connectivity index (χ2v) is 4.78. The van der Waals surface area contributed by atoms with Crippen molar-refractivity contribution in [1.29, 1.82) is 0 Å². The van der Waals surface area contributed by atoms with Gasteiger partial charge in [-0.1, -0.05) is 0 Å². The van der Waals surface area contributed by atoms with E-state index in [2.05, 4.69) is 0 Å². The Labute approximate surface area is 120 Å². The molecule has 7 nitrogen and oxygen atoms in total. The SMILES string of the molecule is COc1cc(N2CCCCC2C(=O)O)c(F)cc1[N+](=O)[O-]. The van der Waals surface area contributed by atoms with Gasteiger partial charge in [0.15, 0.2) is 11.6 Å². The van der Waals surface area contributed by atoms with Gasteiger partial charge >= 0.3 is 11.7 Å². The lowest BCUT2D eigenvalue weighted by Gasteiger charge is -2.35. The number of carboxylic acids is 1. The molecule has 0 saturated carbocycles. The van der Waals surface area contributed by atoms with Gasteiger partial charge < -0.3 is 14.7 Å². The predicted molar refractivity (Wildman–Crippen MR) is 72.2 cm³/mol. The zero-order chi connectivity index (χ0) is 15.6. The Morgan fingerprint density at radius 2 is 2.24 bits per heavy atom. The highest BCUT2D eigenvalue weighted by Gasteiger charge is 2.32. The number of carbonyl (C=O) groups is 1. The van der Waals surface area contributed by atoms with Gasteiger partial charge in [-0.15, -0.1) is 0 Å². The first kappa shape index (κ1) is 15.0. The third kappa shape index (κ3) is 2.88. The maximum absolute atomic E-state index is 14.2. The molecule has 1 unspecified atom stereocenters. The number of hydrogen-bond donors (Lipinski definition) is 1. The van der Waals surface area contributed by atoms with Gasteiger partial charge in [-0.2, -0.15) is 0 Å². The largest absolute Gasteiger partial charge is 0.490 e. The average Bonchev–Trinajstić information content (AvgIpc) is 2.46. The van der Waals surface area contributed by atoms with Crippen LogP contribution in [0.2, 0.25) is 0 Å². The van der Waals surface area contributed by atoms with Gasteiger partial charge in [-0.05, 0) is 19.3 Å². The number of nitro groups is 1. The zero-order valence-corrected chi connectivity index (χ0v) is 11.4. The molecular weight excluding hydrogens is 283 g/mol. The highest BCUT2D eigenvalue weighted by Crippen LogP contribution is 2.36. The number of benzene rings is 1. The van der Waals surface area contributed by atoms with Crippen molar-refractivity contribution in [3.05, 3.63) is 28.1 Å². The number of hydrogen-bond acceptors (Lipinski definition) is 5. The maximum Gasteiger partial charge on any atom is 0.326 e. The lowest BCUT2D eigenvalue weighted by molar-refractivity contribution is -0.385. The molecule has 8 heteroatoms. The molecule has 0 bridgehead atoms. The molecule has 1 fully saturated rings. The van der Waals surface area contributed by atoms with Crippen molar-refractivity contribution in [2.24, 2.45) is 0 Å². The molecule has 0 aromatic heterocycles. The van der Waals surface area contributed by atoms with Gasteiger partial charge in [-0.25, -0.2) is 9.18 Å². The number of ether oxygens (including phenoxy) is 1. The first-order valence-corrected chi connectivity index (χ1v) is 6.47. The third-order valence-corrected chi connectivity index (χ3v) is 3.54. The van der Waals surface area contributed by atoms with Crippen LogP contribution in [0.25, 0.3) is 0 Å². The van der Waals surface area contributed by atoms with E-state index in [0.717, 1.165) is 18.9 Å². The number of piperidine rings is 1. The Morgan fingerprint density at radius 1 is 1.52 bits per heavy atom. The summed E-state index contributed by atoms with van der Waals surface area (Å²) < 4.78 is 19.1. The predicted octanol–water partition coefficient (Wildman–Crippen LogP) is 2.19. The van der Waals surface area contributed by atoms with E-state index in [1.54, 1.807) is 0 Å². The van der Waals surface area contributed by atoms with Gasteiger partial charge in [0, 0.05) is 12.6 Å². The number of anilines is 1. The van der Waals surface area contributed by atoms with E-state index in [1.807, 2.05) is 0 Å². The van der Waals surface area contributed by atoms with Crippen molar-refractivity contribution in [1.82, 2.24) is 0 Å². The van der Waals surface area contributed by atoms with Gasteiger partial charge in [-0.3, -0.25) is 10.1 Å². The fourth-order valence-electron chi connectivity index (χ4n) is 2.54. The molecule has 1 N–H and O–H groups in total. The molecule has 1 aromatic rings. The molecule has 1 aliphatic rings. The number of carboxylic acid groups (broad SMARTS) is 1. The van der Waals surface area contributed by atoms with Crippen molar-refractivity contribution in [2.75, 3.05) is 18.6 Å². The summed E-state index contributed by atoms with van der Waals surface area (Å²) in [6, 6.07) is 1.12. The molecule has 21 heavy (non-hydrogen) atoms. The average molecular weight is 298 g/mol. The first-order valence-electron chi connectivity index (χ1n) is 6.47. The van der Waals surface area contributed by atoms with Crippen LogP contribution in [0, 0.1) is 15.9 Å².